The predicted molar refractivity (Wildman–Crippen MR) is 71.6 cm³/mol. The Kier molecular flexibility index (Phi) is 3.30. The Labute approximate surface area is 114 Å². The summed E-state index contributed by atoms with van der Waals surface area (Å²) in [5.41, 5.74) is -0.792. The molecule has 1 saturated carbocycles. The Bertz CT molecular complexity index is 414. The predicted octanol–water partition coefficient (Wildman–Crippen LogP) is 2.20. The summed E-state index contributed by atoms with van der Waals surface area (Å²) < 4.78 is 11.1. The van der Waals surface area contributed by atoms with Gasteiger partial charge in [-0.1, -0.05) is 13.8 Å². The van der Waals surface area contributed by atoms with Crippen LogP contribution in [-0.2, 0) is 14.3 Å². The van der Waals surface area contributed by atoms with Crippen molar-refractivity contribution in [3.63, 3.8) is 0 Å². The summed E-state index contributed by atoms with van der Waals surface area (Å²) in [5, 5.41) is 9.94. The van der Waals surface area contributed by atoms with Crippen molar-refractivity contribution >= 4 is 5.97 Å². The van der Waals surface area contributed by atoms with Gasteiger partial charge in [0.15, 0.2) is 0 Å². The van der Waals surface area contributed by atoms with Gasteiger partial charge in [0.05, 0.1) is 6.10 Å². The van der Waals surface area contributed by atoms with Crippen molar-refractivity contribution in [2.75, 3.05) is 0 Å². The zero-order valence-electron chi connectivity index (χ0n) is 12.4. The second-order valence-electron chi connectivity index (χ2n) is 6.69. The fraction of sp³-hybridized carbons (Fsp3) is 0.800. The number of ether oxygens (including phenoxy) is 2. The third-order valence-corrected chi connectivity index (χ3v) is 4.46. The van der Waals surface area contributed by atoms with Crippen molar-refractivity contribution in [2.45, 2.75) is 70.9 Å². The number of aliphatic hydroxyl groups is 1. The van der Waals surface area contributed by atoms with Crippen LogP contribution in [0.25, 0.3) is 0 Å². The number of aliphatic hydroxyl groups excluding tert-OH is 1. The van der Waals surface area contributed by atoms with Crippen molar-refractivity contribution in [1.29, 1.82) is 0 Å². The first kappa shape index (κ1) is 14.5. The summed E-state index contributed by atoms with van der Waals surface area (Å²) >= 11 is 0. The molecule has 0 amide bonds. The minimum atomic E-state index is -0.354. The van der Waals surface area contributed by atoms with Gasteiger partial charge in [-0.05, 0) is 32.4 Å². The number of epoxide rings is 1. The van der Waals surface area contributed by atoms with E-state index in [1.165, 1.54) is 6.92 Å². The van der Waals surface area contributed by atoms with E-state index in [1.54, 1.807) is 0 Å². The number of rotatable bonds is 3. The second-order valence-corrected chi connectivity index (χ2v) is 6.69. The first-order valence-electron chi connectivity index (χ1n) is 6.87. The van der Waals surface area contributed by atoms with Gasteiger partial charge < -0.3 is 14.6 Å². The molecule has 1 N–H and O–H groups in total. The van der Waals surface area contributed by atoms with Gasteiger partial charge in [-0.25, -0.2) is 0 Å². The van der Waals surface area contributed by atoms with Crippen LogP contribution >= 0.6 is 0 Å². The average Bonchev–Trinajstić information content (AvgIpc) is 2.80. The van der Waals surface area contributed by atoms with E-state index in [0.29, 0.717) is 6.42 Å². The summed E-state index contributed by atoms with van der Waals surface area (Å²) in [6, 6.07) is 0. The maximum absolute atomic E-state index is 10.9. The van der Waals surface area contributed by atoms with Gasteiger partial charge in [0.25, 0.3) is 0 Å². The molecule has 1 aliphatic heterocycles. The lowest BCUT2D eigenvalue weighted by atomic mass is 9.63. The van der Waals surface area contributed by atoms with Crippen LogP contribution < -0.4 is 0 Å². The molecular formula is C15H24O4. The minimum absolute atomic E-state index is 0.133. The van der Waals surface area contributed by atoms with Crippen LogP contribution in [0.2, 0.25) is 0 Å². The molecule has 0 unspecified atom stereocenters. The van der Waals surface area contributed by atoms with E-state index in [0.717, 1.165) is 6.42 Å². The zero-order valence-corrected chi connectivity index (χ0v) is 12.4. The molecule has 0 bridgehead atoms. The van der Waals surface area contributed by atoms with Crippen LogP contribution in [0.1, 0.15) is 47.5 Å². The molecule has 1 aliphatic carbocycles. The van der Waals surface area contributed by atoms with Crippen molar-refractivity contribution in [1.82, 2.24) is 0 Å². The van der Waals surface area contributed by atoms with Gasteiger partial charge in [0.2, 0.25) is 0 Å². The highest BCUT2D eigenvalue weighted by Gasteiger charge is 2.74. The number of hydrogen-bond acceptors (Lipinski definition) is 4. The van der Waals surface area contributed by atoms with Gasteiger partial charge >= 0.3 is 5.97 Å². The Morgan fingerprint density at radius 1 is 1.42 bits per heavy atom. The number of esters is 1. The van der Waals surface area contributed by atoms with E-state index >= 15 is 0 Å². The van der Waals surface area contributed by atoms with E-state index in [1.807, 2.05) is 26.0 Å². The first-order valence-corrected chi connectivity index (χ1v) is 6.87. The molecule has 0 spiro atoms. The molecule has 2 aliphatic rings. The molecule has 0 radical (unpaired) electrons. The number of hydrogen-bond donors (Lipinski definition) is 1. The van der Waals surface area contributed by atoms with Gasteiger partial charge in [0, 0.05) is 18.8 Å². The third-order valence-electron chi connectivity index (χ3n) is 4.46. The normalized spacial score (nSPS) is 41.7. The smallest absolute Gasteiger partial charge is 0.303 e. The Morgan fingerprint density at radius 3 is 2.58 bits per heavy atom. The fourth-order valence-corrected chi connectivity index (χ4v) is 3.65. The Balaban J connectivity index is 2.15. The lowest BCUT2D eigenvalue weighted by Crippen LogP contribution is -2.46. The topological polar surface area (TPSA) is 59.1 Å². The largest absolute Gasteiger partial charge is 0.459 e. The lowest BCUT2D eigenvalue weighted by Gasteiger charge is -2.39. The molecule has 1 saturated heterocycles. The van der Waals surface area contributed by atoms with E-state index < -0.39 is 0 Å². The van der Waals surface area contributed by atoms with Gasteiger partial charge in [-0.15, -0.1) is 0 Å². The van der Waals surface area contributed by atoms with Crippen LogP contribution in [0, 0.1) is 5.41 Å². The van der Waals surface area contributed by atoms with Crippen LogP contribution in [0.3, 0.4) is 0 Å². The molecule has 0 aromatic carbocycles. The highest BCUT2D eigenvalue weighted by Crippen LogP contribution is 2.65. The maximum Gasteiger partial charge on any atom is 0.303 e. The standard InChI is InChI=1S/C15H24O4/c1-10(18-11(2)16)6-7-15-13(3,4)8-12(17)9-14(15,5)19-15/h6-7,10,12,17H,8-9H2,1-5H3/b7-6+/t10-,12-,14-,15+/m0/s1. The SMILES string of the molecule is CC(=O)O[C@@H](C)/C=C/[C@]12O[C@@]1(C)C[C@@H](O)CC2(C)C. The molecule has 4 nitrogen and oxygen atoms in total. The van der Waals surface area contributed by atoms with Crippen molar-refractivity contribution in [3.05, 3.63) is 12.2 Å². The molecule has 0 aromatic rings. The summed E-state index contributed by atoms with van der Waals surface area (Å²) in [4.78, 5) is 10.9. The summed E-state index contributed by atoms with van der Waals surface area (Å²) in [6.07, 6.45) is 4.70. The minimum Gasteiger partial charge on any atom is -0.459 e. The van der Waals surface area contributed by atoms with Gasteiger partial charge in [-0.2, -0.15) is 0 Å². The monoisotopic (exact) mass is 268 g/mol. The fourth-order valence-electron chi connectivity index (χ4n) is 3.65. The maximum atomic E-state index is 10.9. The molecule has 2 fully saturated rings. The number of fused-ring (bicyclic) bond motifs is 1. The number of carbonyl (C=O) groups excluding carboxylic acids is 1. The molecule has 2 rings (SSSR count). The Morgan fingerprint density at radius 2 is 2.05 bits per heavy atom. The summed E-state index contributed by atoms with van der Waals surface area (Å²) in [6.45, 7) is 9.50. The molecular weight excluding hydrogens is 244 g/mol. The van der Waals surface area contributed by atoms with Gasteiger partial charge in [0.1, 0.15) is 17.3 Å². The summed E-state index contributed by atoms with van der Waals surface area (Å²) in [7, 11) is 0. The first-order chi connectivity index (χ1) is 8.62. The van der Waals surface area contributed by atoms with E-state index in [9.17, 15) is 9.90 Å². The second kappa shape index (κ2) is 4.32. The van der Waals surface area contributed by atoms with Crippen LogP contribution in [0.4, 0.5) is 0 Å². The molecule has 1 heterocycles. The van der Waals surface area contributed by atoms with Crippen LogP contribution in [0.15, 0.2) is 12.2 Å². The molecule has 4 atom stereocenters. The van der Waals surface area contributed by atoms with Crippen molar-refractivity contribution < 1.29 is 19.4 Å². The molecule has 0 aromatic heterocycles. The van der Waals surface area contributed by atoms with Crippen LogP contribution in [-0.4, -0.2) is 34.5 Å². The molecule has 19 heavy (non-hydrogen) atoms. The third kappa shape index (κ3) is 2.32. The van der Waals surface area contributed by atoms with Gasteiger partial charge in [-0.3, -0.25) is 4.79 Å². The number of carbonyl (C=O) groups is 1. The quantitative estimate of drug-likeness (QED) is 0.484. The lowest BCUT2D eigenvalue weighted by molar-refractivity contribution is -0.143. The van der Waals surface area contributed by atoms with Crippen molar-refractivity contribution in [3.8, 4) is 0 Å². The average molecular weight is 268 g/mol. The highest BCUT2D eigenvalue weighted by molar-refractivity contribution is 5.66. The Hall–Kier alpha value is -0.870. The summed E-state index contributed by atoms with van der Waals surface area (Å²) in [5.74, 6) is -0.285. The highest BCUT2D eigenvalue weighted by atomic mass is 16.6. The van der Waals surface area contributed by atoms with Crippen molar-refractivity contribution in [2.24, 2.45) is 5.41 Å². The zero-order chi connectivity index (χ0) is 14.5. The molecule has 108 valence electrons. The van der Waals surface area contributed by atoms with E-state index in [2.05, 4.69) is 13.8 Å². The van der Waals surface area contributed by atoms with Crippen LogP contribution in [0.5, 0.6) is 0 Å². The van der Waals surface area contributed by atoms with E-state index in [-0.39, 0.29) is 34.8 Å². The van der Waals surface area contributed by atoms with E-state index in [4.69, 9.17) is 9.47 Å². The molecule has 4 heteroatoms.